The van der Waals surface area contributed by atoms with E-state index in [1.807, 2.05) is 4.90 Å². The number of hydrogen-bond acceptors (Lipinski definition) is 3. The van der Waals surface area contributed by atoms with Crippen LogP contribution in [0.25, 0.3) is 0 Å². The molecule has 0 aliphatic carbocycles. The van der Waals surface area contributed by atoms with Crippen molar-refractivity contribution in [3.05, 3.63) is 0 Å². The van der Waals surface area contributed by atoms with Gasteiger partial charge in [-0.1, -0.05) is 0 Å². The first-order valence-corrected chi connectivity index (χ1v) is 5.30. The van der Waals surface area contributed by atoms with Gasteiger partial charge in [0.25, 0.3) is 0 Å². The molecule has 0 saturated carbocycles. The molecule has 14 heavy (non-hydrogen) atoms. The van der Waals surface area contributed by atoms with E-state index in [1.165, 1.54) is 0 Å². The van der Waals surface area contributed by atoms with Gasteiger partial charge in [-0.05, 0) is 32.1 Å². The van der Waals surface area contributed by atoms with Crippen LogP contribution in [0.1, 0.15) is 26.2 Å². The summed E-state index contributed by atoms with van der Waals surface area (Å²) < 4.78 is 0. The van der Waals surface area contributed by atoms with Crippen molar-refractivity contribution < 1.29 is 9.90 Å². The molecule has 4 heteroatoms. The standard InChI is InChI=1S/C10H20N2O2/c1-8(11)10(14)12-5-2-9(3-6-12)4-7-13/h8-9,13H,2-7,11H2,1H3. The summed E-state index contributed by atoms with van der Waals surface area (Å²) in [5, 5.41) is 8.78. The summed E-state index contributed by atoms with van der Waals surface area (Å²) in [6, 6.07) is -0.385. The summed E-state index contributed by atoms with van der Waals surface area (Å²) in [5.74, 6) is 0.629. The Morgan fingerprint density at radius 1 is 1.57 bits per heavy atom. The van der Waals surface area contributed by atoms with Gasteiger partial charge < -0.3 is 15.7 Å². The van der Waals surface area contributed by atoms with Gasteiger partial charge in [0.2, 0.25) is 5.91 Å². The minimum absolute atomic E-state index is 0.0486. The first kappa shape index (κ1) is 11.5. The fourth-order valence-corrected chi connectivity index (χ4v) is 1.91. The molecule has 0 aromatic heterocycles. The molecule has 82 valence electrons. The molecular formula is C10H20N2O2. The van der Waals surface area contributed by atoms with Gasteiger partial charge >= 0.3 is 0 Å². The number of carbonyl (C=O) groups is 1. The third-order valence-corrected chi connectivity index (χ3v) is 2.85. The second-order valence-electron chi connectivity index (χ2n) is 4.07. The molecule has 0 aromatic carbocycles. The van der Waals surface area contributed by atoms with Crippen LogP contribution in [0.5, 0.6) is 0 Å². The maximum Gasteiger partial charge on any atom is 0.239 e. The van der Waals surface area contributed by atoms with Crippen LogP contribution < -0.4 is 5.73 Å². The highest BCUT2D eigenvalue weighted by Crippen LogP contribution is 2.20. The number of rotatable bonds is 3. The number of likely N-dealkylation sites (tertiary alicyclic amines) is 1. The maximum atomic E-state index is 11.5. The molecule has 0 bridgehead atoms. The molecular weight excluding hydrogens is 180 g/mol. The Morgan fingerprint density at radius 2 is 2.14 bits per heavy atom. The number of piperidine rings is 1. The second-order valence-corrected chi connectivity index (χ2v) is 4.07. The third-order valence-electron chi connectivity index (χ3n) is 2.85. The van der Waals surface area contributed by atoms with E-state index in [1.54, 1.807) is 6.92 Å². The van der Waals surface area contributed by atoms with E-state index in [-0.39, 0.29) is 18.6 Å². The first-order valence-electron chi connectivity index (χ1n) is 5.30. The van der Waals surface area contributed by atoms with E-state index in [0.717, 1.165) is 32.4 Å². The van der Waals surface area contributed by atoms with Crippen LogP contribution in [0.3, 0.4) is 0 Å². The minimum Gasteiger partial charge on any atom is -0.396 e. The predicted octanol–water partition coefficient (Wildman–Crippen LogP) is -0.0454. The lowest BCUT2D eigenvalue weighted by molar-refractivity contribution is -0.133. The Morgan fingerprint density at radius 3 is 2.57 bits per heavy atom. The van der Waals surface area contributed by atoms with Crippen molar-refractivity contribution in [3.8, 4) is 0 Å². The topological polar surface area (TPSA) is 66.6 Å². The molecule has 1 aliphatic heterocycles. The molecule has 4 nitrogen and oxygen atoms in total. The van der Waals surface area contributed by atoms with Crippen LogP contribution in [0.15, 0.2) is 0 Å². The molecule has 3 N–H and O–H groups in total. The molecule has 0 aromatic rings. The van der Waals surface area contributed by atoms with E-state index in [9.17, 15) is 4.79 Å². The van der Waals surface area contributed by atoms with E-state index < -0.39 is 0 Å². The number of carbonyl (C=O) groups excluding carboxylic acids is 1. The van der Waals surface area contributed by atoms with Gasteiger partial charge in [0.1, 0.15) is 0 Å². The molecule has 1 saturated heterocycles. The largest absolute Gasteiger partial charge is 0.396 e. The van der Waals surface area contributed by atoms with E-state index in [4.69, 9.17) is 10.8 Å². The van der Waals surface area contributed by atoms with Crippen molar-refractivity contribution >= 4 is 5.91 Å². The van der Waals surface area contributed by atoms with E-state index in [0.29, 0.717) is 5.92 Å². The number of aliphatic hydroxyl groups excluding tert-OH is 1. The predicted molar refractivity (Wildman–Crippen MR) is 54.7 cm³/mol. The normalized spacial score (nSPS) is 20.9. The van der Waals surface area contributed by atoms with E-state index >= 15 is 0 Å². The van der Waals surface area contributed by atoms with Crippen molar-refractivity contribution in [1.29, 1.82) is 0 Å². The third kappa shape index (κ3) is 2.96. The van der Waals surface area contributed by atoms with Gasteiger partial charge in [0.05, 0.1) is 6.04 Å². The molecule has 1 amide bonds. The van der Waals surface area contributed by atoms with E-state index in [2.05, 4.69) is 0 Å². The lowest BCUT2D eigenvalue weighted by Crippen LogP contribution is -2.45. The number of nitrogens with two attached hydrogens (primary N) is 1. The number of nitrogens with zero attached hydrogens (tertiary/aromatic N) is 1. The van der Waals surface area contributed by atoms with Gasteiger partial charge in [-0.15, -0.1) is 0 Å². The molecule has 0 spiro atoms. The average molecular weight is 200 g/mol. The van der Waals surface area contributed by atoms with Crippen LogP contribution in [0.4, 0.5) is 0 Å². The summed E-state index contributed by atoms with van der Waals surface area (Å²) in [4.78, 5) is 13.3. The summed E-state index contributed by atoms with van der Waals surface area (Å²) in [7, 11) is 0. The molecule has 1 fully saturated rings. The van der Waals surface area contributed by atoms with Crippen molar-refractivity contribution in [2.75, 3.05) is 19.7 Å². The highest BCUT2D eigenvalue weighted by molar-refractivity contribution is 5.81. The van der Waals surface area contributed by atoms with Gasteiger partial charge in [-0.3, -0.25) is 4.79 Å². The zero-order valence-electron chi connectivity index (χ0n) is 8.78. The smallest absolute Gasteiger partial charge is 0.239 e. The number of hydrogen-bond donors (Lipinski definition) is 2. The molecule has 1 rings (SSSR count). The summed E-state index contributed by atoms with van der Waals surface area (Å²) in [6.07, 6.45) is 2.86. The Bertz CT molecular complexity index is 187. The Kier molecular flexibility index (Phi) is 4.35. The lowest BCUT2D eigenvalue weighted by atomic mass is 9.94. The van der Waals surface area contributed by atoms with Gasteiger partial charge in [-0.25, -0.2) is 0 Å². The molecule has 1 unspecified atom stereocenters. The Hall–Kier alpha value is -0.610. The first-order chi connectivity index (χ1) is 6.65. The molecule has 1 atom stereocenters. The second kappa shape index (κ2) is 5.32. The Balaban J connectivity index is 2.32. The van der Waals surface area contributed by atoms with Gasteiger partial charge in [0.15, 0.2) is 0 Å². The monoisotopic (exact) mass is 200 g/mol. The highest BCUT2D eigenvalue weighted by Gasteiger charge is 2.23. The number of amides is 1. The van der Waals surface area contributed by atoms with Crippen molar-refractivity contribution in [1.82, 2.24) is 4.90 Å². The summed E-state index contributed by atoms with van der Waals surface area (Å²) in [5.41, 5.74) is 5.53. The molecule has 0 radical (unpaired) electrons. The van der Waals surface area contributed by atoms with Crippen LogP contribution in [0, 0.1) is 5.92 Å². The van der Waals surface area contributed by atoms with Gasteiger partial charge in [-0.2, -0.15) is 0 Å². The fraction of sp³-hybridized carbons (Fsp3) is 0.900. The molecule has 1 aliphatic rings. The fourth-order valence-electron chi connectivity index (χ4n) is 1.91. The van der Waals surface area contributed by atoms with Gasteiger partial charge in [0, 0.05) is 19.7 Å². The molecule has 1 heterocycles. The summed E-state index contributed by atoms with van der Waals surface area (Å²) in [6.45, 7) is 3.57. The lowest BCUT2D eigenvalue weighted by Gasteiger charge is -2.32. The average Bonchev–Trinajstić information content (AvgIpc) is 2.18. The highest BCUT2D eigenvalue weighted by atomic mass is 16.3. The van der Waals surface area contributed by atoms with Crippen LogP contribution in [0.2, 0.25) is 0 Å². The van der Waals surface area contributed by atoms with Crippen molar-refractivity contribution in [3.63, 3.8) is 0 Å². The maximum absolute atomic E-state index is 11.5. The minimum atomic E-state index is -0.385. The Labute approximate surface area is 85.1 Å². The van der Waals surface area contributed by atoms with Crippen molar-refractivity contribution in [2.24, 2.45) is 11.7 Å². The van der Waals surface area contributed by atoms with Crippen LogP contribution in [-0.4, -0.2) is 41.7 Å². The SMILES string of the molecule is CC(N)C(=O)N1CCC(CCO)CC1. The zero-order valence-corrected chi connectivity index (χ0v) is 8.78. The van der Waals surface area contributed by atoms with Crippen LogP contribution in [-0.2, 0) is 4.79 Å². The summed E-state index contributed by atoms with van der Waals surface area (Å²) >= 11 is 0. The number of aliphatic hydroxyl groups is 1. The van der Waals surface area contributed by atoms with Crippen LogP contribution >= 0.6 is 0 Å². The van der Waals surface area contributed by atoms with Crippen molar-refractivity contribution in [2.45, 2.75) is 32.2 Å². The zero-order chi connectivity index (χ0) is 10.6. The quantitative estimate of drug-likeness (QED) is 0.671.